The summed E-state index contributed by atoms with van der Waals surface area (Å²) in [5.74, 6) is 0. The van der Waals surface area contributed by atoms with Crippen molar-refractivity contribution in [3.05, 3.63) is 69.7 Å². The highest BCUT2D eigenvalue weighted by Gasteiger charge is 2.21. The molecule has 0 radical (unpaired) electrons. The van der Waals surface area contributed by atoms with E-state index < -0.39 is 12.1 Å². The average molecular weight is 296 g/mol. The predicted octanol–water partition coefficient (Wildman–Crippen LogP) is 3.60. The predicted molar refractivity (Wildman–Crippen MR) is 79.5 cm³/mol. The van der Waals surface area contributed by atoms with Crippen molar-refractivity contribution in [2.75, 3.05) is 0 Å². The molecule has 0 fully saturated rings. The van der Waals surface area contributed by atoms with Crippen LogP contribution in [0.1, 0.15) is 17.2 Å². The van der Waals surface area contributed by atoms with Gasteiger partial charge in [0.05, 0.1) is 12.1 Å². The van der Waals surface area contributed by atoms with Crippen molar-refractivity contribution >= 4 is 23.2 Å². The van der Waals surface area contributed by atoms with Gasteiger partial charge in [-0.2, -0.15) is 0 Å². The van der Waals surface area contributed by atoms with Crippen molar-refractivity contribution in [3.63, 3.8) is 0 Å². The van der Waals surface area contributed by atoms with Crippen LogP contribution in [0.5, 0.6) is 0 Å². The molecule has 0 bridgehead atoms. The molecule has 2 rings (SSSR count). The zero-order valence-corrected chi connectivity index (χ0v) is 11.8. The summed E-state index contributed by atoms with van der Waals surface area (Å²) in [4.78, 5) is 0. The molecule has 0 amide bonds. The molecule has 2 nitrogen and oxygen atoms in total. The van der Waals surface area contributed by atoms with Crippen LogP contribution >= 0.6 is 23.2 Å². The Bertz CT molecular complexity index is 525. The Morgan fingerprint density at radius 1 is 0.947 bits per heavy atom. The standard InChI is InChI=1S/C15H15Cl2NO/c16-11-7-4-8-12(17)14(11)15(18)13(19)9-10-5-2-1-3-6-10/h1-8,13,15,19H,9,18H2/t13-,15-/m1/s1. The topological polar surface area (TPSA) is 46.2 Å². The van der Waals surface area contributed by atoms with Crippen LogP contribution < -0.4 is 5.73 Å². The minimum absolute atomic E-state index is 0.462. The van der Waals surface area contributed by atoms with E-state index in [1.807, 2.05) is 30.3 Å². The van der Waals surface area contributed by atoms with E-state index in [1.54, 1.807) is 18.2 Å². The monoisotopic (exact) mass is 295 g/mol. The summed E-state index contributed by atoms with van der Waals surface area (Å²) in [5.41, 5.74) is 7.68. The Kier molecular flexibility index (Phi) is 4.83. The number of hydrogen-bond donors (Lipinski definition) is 2. The van der Waals surface area contributed by atoms with Crippen LogP contribution in [0, 0.1) is 0 Å². The van der Waals surface area contributed by atoms with E-state index >= 15 is 0 Å². The molecule has 2 aromatic rings. The number of rotatable bonds is 4. The molecule has 0 saturated carbocycles. The van der Waals surface area contributed by atoms with E-state index in [0.29, 0.717) is 22.0 Å². The summed E-state index contributed by atoms with van der Waals surface area (Å²) in [5, 5.41) is 11.2. The first kappa shape index (κ1) is 14.4. The summed E-state index contributed by atoms with van der Waals surface area (Å²) in [6, 6.07) is 14.3. The minimum atomic E-state index is -0.736. The van der Waals surface area contributed by atoms with Gasteiger partial charge >= 0.3 is 0 Å². The van der Waals surface area contributed by atoms with Gasteiger partial charge in [-0.25, -0.2) is 0 Å². The second-order valence-electron chi connectivity index (χ2n) is 4.42. The van der Waals surface area contributed by atoms with E-state index in [2.05, 4.69) is 0 Å². The highest BCUT2D eigenvalue weighted by molar-refractivity contribution is 6.36. The second kappa shape index (κ2) is 6.40. The zero-order valence-electron chi connectivity index (χ0n) is 10.3. The summed E-state index contributed by atoms with van der Waals surface area (Å²) < 4.78 is 0. The molecule has 3 N–H and O–H groups in total. The first-order chi connectivity index (χ1) is 9.09. The van der Waals surface area contributed by atoms with Gasteiger partial charge in [-0.1, -0.05) is 59.6 Å². The highest BCUT2D eigenvalue weighted by Crippen LogP contribution is 2.31. The molecule has 19 heavy (non-hydrogen) atoms. The molecule has 4 heteroatoms. The SMILES string of the molecule is N[C@@H](c1c(Cl)cccc1Cl)[C@H](O)Cc1ccccc1. The maximum atomic E-state index is 10.2. The normalized spacial score (nSPS) is 14.1. The molecule has 100 valence electrons. The number of aliphatic hydroxyl groups excluding tert-OH is 1. The smallest absolute Gasteiger partial charge is 0.0774 e. The maximum absolute atomic E-state index is 10.2. The van der Waals surface area contributed by atoms with E-state index in [9.17, 15) is 5.11 Å². The third kappa shape index (κ3) is 3.48. The van der Waals surface area contributed by atoms with Crippen LogP contribution in [0.3, 0.4) is 0 Å². The van der Waals surface area contributed by atoms with E-state index in [1.165, 1.54) is 0 Å². The number of nitrogens with two attached hydrogens (primary N) is 1. The fraction of sp³-hybridized carbons (Fsp3) is 0.200. The molecule has 0 unspecified atom stereocenters. The minimum Gasteiger partial charge on any atom is -0.391 e. The van der Waals surface area contributed by atoms with Crippen LogP contribution in [0.25, 0.3) is 0 Å². The molecule has 0 aliphatic heterocycles. The Morgan fingerprint density at radius 3 is 2.11 bits per heavy atom. The van der Waals surface area contributed by atoms with Gasteiger partial charge in [0.2, 0.25) is 0 Å². The number of benzene rings is 2. The Morgan fingerprint density at radius 2 is 1.53 bits per heavy atom. The Labute approximate surface area is 122 Å². The van der Waals surface area contributed by atoms with Crippen molar-refractivity contribution < 1.29 is 5.11 Å². The van der Waals surface area contributed by atoms with E-state index in [0.717, 1.165) is 5.56 Å². The first-order valence-corrected chi connectivity index (χ1v) is 6.76. The van der Waals surface area contributed by atoms with Crippen molar-refractivity contribution in [1.29, 1.82) is 0 Å². The lowest BCUT2D eigenvalue weighted by atomic mass is 9.97. The maximum Gasteiger partial charge on any atom is 0.0774 e. The Hall–Kier alpha value is -1.06. The molecular formula is C15H15Cl2NO. The lowest BCUT2D eigenvalue weighted by molar-refractivity contribution is 0.145. The fourth-order valence-corrected chi connectivity index (χ4v) is 2.65. The average Bonchev–Trinajstić information content (AvgIpc) is 2.39. The summed E-state index contributed by atoms with van der Waals surface area (Å²) >= 11 is 12.2. The lowest BCUT2D eigenvalue weighted by Crippen LogP contribution is -2.28. The summed E-state index contributed by atoms with van der Waals surface area (Å²) in [7, 11) is 0. The van der Waals surface area contributed by atoms with Gasteiger partial charge in [-0.15, -0.1) is 0 Å². The van der Waals surface area contributed by atoms with E-state index in [-0.39, 0.29) is 0 Å². The van der Waals surface area contributed by atoms with Crippen molar-refractivity contribution in [3.8, 4) is 0 Å². The molecule has 2 atom stereocenters. The largest absolute Gasteiger partial charge is 0.391 e. The molecule has 0 heterocycles. The third-order valence-corrected chi connectivity index (χ3v) is 3.69. The van der Waals surface area contributed by atoms with Crippen LogP contribution in [-0.4, -0.2) is 11.2 Å². The van der Waals surface area contributed by atoms with Crippen LogP contribution in [0.4, 0.5) is 0 Å². The van der Waals surface area contributed by atoms with Gasteiger partial charge in [0.15, 0.2) is 0 Å². The zero-order chi connectivity index (χ0) is 13.8. The van der Waals surface area contributed by atoms with Gasteiger partial charge in [0.25, 0.3) is 0 Å². The van der Waals surface area contributed by atoms with Gasteiger partial charge in [-0.3, -0.25) is 0 Å². The van der Waals surface area contributed by atoms with Gasteiger partial charge in [0, 0.05) is 22.0 Å². The van der Waals surface area contributed by atoms with Gasteiger partial charge in [0.1, 0.15) is 0 Å². The molecule has 0 saturated heterocycles. The van der Waals surface area contributed by atoms with Crippen LogP contribution in [0.2, 0.25) is 10.0 Å². The molecular weight excluding hydrogens is 281 g/mol. The summed E-state index contributed by atoms with van der Waals surface area (Å²) in [6.07, 6.45) is -0.274. The summed E-state index contributed by atoms with van der Waals surface area (Å²) in [6.45, 7) is 0. The molecule has 0 aliphatic rings. The third-order valence-electron chi connectivity index (χ3n) is 3.04. The van der Waals surface area contributed by atoms with Crippen molar-refractivity contribution in [2.45, 2.75) is 18.6 Å². The number of hydrogen-bond acceptors (Lipinski definition) is 2. The lowest BCUT2D eigenvalue weighted by Gasteiger charge is -2.21. The first-order valence-electron chi connectivity index (χ1n) is 6.01. The molecule has 0 aromatic heterocycles. The van der Waals surface area contributed by atoms with Crippen molar-refractivity contribution in [1.82, 2.24) is 0 Å². The second-order valence-corrected chi connectivity index (χ2v) is 5.23. The van der Waals surface area contributed by atoms with Gasteiger partial charge < -0.3 is 10.8 Å². The fourth-order valence-electron chi connectivity index (χ4n) is 2.00. The van der Waals surface area contributed by atoms with Gasteiger partial charge in [-0.05, 0) is 17.7 Å². The number of halogens is 2. The highest BCUT2D eigenvalue weighted by atomic mass is 35.5. The molecule has 0 spiro atoms. The van der Waals surface area contributed by atoms with Crippen molar-refractivity contribution in [2.24, 2.45) is 5.73 Å². The Balaban J connectivity index is 2.17. The van der Waals surface area contributed by atoms with Crippen LogP contribution in [-0.2, 0) is 6.42 Å². The van der Waals surface area contributed by atoms with E-state index in [4.69, 9.17) is 28.9 Å². The number of aliphatic hydroxyl groups is 1. The van der Waals surface area contributed by atoms with Crippen LogP contribution in [0.15, 0.2) is 48.5 Å². The molecule has 2 aromatic carbocycles. The molecule has 0 aliphatic carbocycles. The quantitative estimate of drug-likeness (QED) is 0.905.